The van der Waals surface area contributed by atoms with Crippen LogP contribution in [0.1, 0.15) is 21.6 Å². The highest BCUT2D eigenvalue weighted by atomic mass is 19.1. The summed E-state index contributed by atoms with van der Waals surface area (Å²) in [5.41, 5.74) is 9.12. The maximum Gasteiger partial charge on any atom is 0.339 e. The molecule has 0 atom stereocenters. The lowest BCUT2D eigenvalue weighted by molar-refractivity contribution is -0.113. The first kappa shape index (κ1) is 30.0. The number of ketones is 1. The number of pyridine rings is 1. The Morgan fingerprint density at radius 3 is 2.43 bits per heavy atom. The summed E-state index contributed by atoms with van der Waals surface area (Å²) in [4.78, 5) is 55.6. The van der Waals surface area contributed by atoms with Gasteiger partial charge in [0.1, 0.15) is 17.7 Å². The van der Waals surface area contributed by atoms with Crippen molar-refractivity contribution in [3.05, 3.63) is 112 Å². The fourth-order valence-electron chi connectivity index (χ4n) is 4.72. The predicted octanol–water partition coefficient (Wildman–Crippen LogP) is 3.50. The number of nitrogens with zero attached hydrogens (tertiary/aromatic N) is 7. The third-order valence-electron chi connectivity index (χ3n) is 7.08. The maximum atomic E-state index is 14.0. The molecule has 0 saturated carbocycles. The van der Waals surface area contributed by atoms with Crippen molar-refractivity contribution in [3.8, 4) is 11.4 Å². The number of nitrogen functional groups attached to an aromatic ring is 1. The lowest BCUT2D eigenvalue weighted by Gasteiger charge is -2.16. The van der Waals surface area contributed by atoms with E-state index in [0.29, 0.717) is 45.9 Å². The number of imidazole rings is 1. The summed E-state index contributed by atoms with van der Waals surface area (Å²) >= 11 is 0. The Balaban J connectivity index is 1.50. The first-order valence-electron chi connectivity index (χ1n) is 13.7. The summed E-state index contributed by atoms with van der Waals surface area (Å²) in [6, 6.07) is 15.0. The molecule has 0 aliphatic heterocycles. The number of nitrogens with two attached hydrogens (primary N) is 1. The number of amides is 1. The number of rotatable bonds is 9. The molecule has 5 rings (SSSR count). The topological polar surface area (TPSA) is 132 Å². The summed E-state index contributed by atoms with van der Waals surface area (Å²) in [6.45, 7) is 2.23. The van der Waals surface area contributed by atoms with Crippen LogP contribution in [0, 0.1) is 12.7 Å². The standard InChI is InChI=1S/C32H31FN8O3/c1-20-15-22(35-18-26(20)33)16-27(42)21-10-12-23(13-11-21)40-29-30(34)36-19-37-31(29)41(32(40)44)25-8-5-7-24(17-25)39(4)28(43)9-6-14-38(2)3/h5-13,15,17-19H,14,16H2,1-4H3,(H2,34,36,37)/b9-6+. The Morgan fingerprint density at radius 2 is 1.73 bits per heavy atom. The number of hydrogen-bond donors (Lipinski definition) is 1. The van der Waals surface area contributed by atoms with Gasteiger partial charge >= 0.3 is 5.69 Å². The number of carbonyl (C=O) groups excluding carboxylic acids is 2. The fraction of sp³-hybridized carbons (Fsp3) is 0.188. The summed E-state index contributed by atoms with van der Waals surface area (Å²) < 4.78 is 16.4. The number of Topliss-reactive ketones (excluding diaryl/α,β-unsaturated/α-hetero) is 1. The van der Waals surface area contributed by atoms with Gasteiger partial charge in [0.25, 0.3) is 0 Å². The van der Waals surface area contributed by atoms with Gasteiger partial charge in [0.2, 0.25) is 5.91 Å². The summed E-state index contributed by atoms with van der Waals surface area (Å²) in [5, 5.41) is 0. The SMILES string of the molecule is Cc1cc(CC(=O)c2ccc(-n3c(=O)n(-c4cccc(N(C)C(=O)/C=C/CN(C)C)c4)c4ncnc(N)c43)cc2)ncc1F. The van der Waals surface area contributed by atoms with E-state index in [1.54, 1.807) is 74.6 Å². The molecule has 0 aliphatic rings. The first-order chi connectivity index (χ1) is 21.0. The molecule has 2 N–H and O–H groups in total. The van der Waals surface area contributed by atoms with Crippen LogP contribution in [-0.2, 0) is 11.2 Å². The molecule has 44 heavy (non-hydrogen) atoms. The van der Waals surface area contributed by atoms with Crippen molar-refractivity contribution in [2.24, 2.45) is 0 Å². The summed E-state index contributed by atoms with van der Waals surface area (Å²) in [5.74, 6) is -0.762. The number of aromatic nitrogens is 5. The molecule has 3 heterocycles. The van der Waals surface area contributed by atoms with Crippen molar-refractivity contribution in [2.75, 3.05) is 38.3 Å². The van der Waals surface area contributed by atoms with Crippen molar-refractivity contribution >= 4 is 34.4 Å². The number of likely N-dealkylation sites (N-methyl/N-ethyl adjacent to an activating group) is 2. The van der Waals surface area contributed by atoms with E-state index in [1.807, 2.05) is 19.0 Å². The average molecular weight is 595 g/mol. The second-order valence-corrected chi connectivity index (χ2v) is 10.5. The normalized spacial score (nSPS) is 11.5. The van der Waals surface area contributed by atoms with E-state index in [0.717, 1.165) is 6.20 Å². The molecular formula is C32H31FN8O3. The van der Waals surface area contributed by atoms with Gasteiger partial charge in [-0.3, -0.25) is 19.1 Å². The molecule has 0 radical (unpaired) electrons. The van der Waals surface area contributed by atoms with Crippen LogP contribution >= 0.6 is 0 Å². The smallest absolute Gasteiger partial charge is 0.339 e. The van der Waals surface area contributed by atoms with Crippen LogP contribution in [0.15, 0.2) is 84.1 Å². The van der Waals surface area contributed by atoms with E-state index in [1.165, 1.54) is 26.4 Å². The minimum Gasteiger partial charge on any atom is -0.382 e. The Labute approximate surface area is 252 Å². The number of fused-ring (bicyclic) bond motifs is 1. The van der Waals surface area contributed by atoms with E-state index < -0.39 is 11.5 Å². The van der Waals surface area contributed by atoms with Gasteiger partial charge in [0, 0.05) is 36.6 Å². The van der Waals surface area contributed by atoms with Gasteiger partial charge in [0.15, 0.2) is 17.2 Å². The van der Waals surface area contributed by atoms with Crippen molar-refractivity contribution in [1.82, 2.24) is 29.0 Å². The van der Waals surface area contributed by atoms with E-state index in [2.05, 4.69) is 15.0 Å². The lowest BCUT2D eigenvalue weighted by atomic mass is 10.0. The predicted molar refractivity (Wildman–Crippen MR) is 167 cm³/mol. The van der Waals surface area contributed by atoms with Crippen molar-refractivity contribution in [2.45, 2.75) is 13.3 Å². The molecule has 5 aromatic rings. The lowest BCUT2D eigenvalue weighted by Crippen LogP contribution is -2.25. The van der Waals surface area contributed by atoms with Crippen LogP contribution in [0.3, 0.4) is 0 Å². The van der Waals surface area contributed by atoms with Crippen LogP contribution in [-0.4, -0.2) is 68.4 Å². The Kier molecular flexibility index (Phi) is 8.45. The second kappa shape index (κ2) is 12.4. The molecule has 0 bridgehead atoms. The molecule has 1 amide bonds. The minimum absolute atomic E-state index is 0.000750. The molecule has 224 valence electrons. The van der Waals surface area contributed by atoms with Crippen LogP contribution < -0.4 is 16.3 Å². The van der Waals surface area contributed by atoms with Crippen LogP contribution in [0.2, 0.25) is 0 Å². The van der Waals surface area contributed by atoms with E-state index in [-0.39, 0.29) is 29.6 Å². The van der Waals surface area contributed by atoms with Crippen molar-refractivity contribution in [3.63, 3.8) is 0 Å². The quantitative estimate of drug-likeness (QED) is 0.203. The summed E-state index contributed by atoms with van der Waals surface area (Å²) in [7, 11) is 5.48. The average Bonchev–Trinajstić information content (AvgIpc) is 3.31. The van der Waals surface area contributed by atoms with Gasteiger partial charge in [0.05, 0.1) is 24.0 Å². The van der Waals surface area contributed by atoms with E-state index >= 15 is 0 Å². The van der Waals surface area contributed by atoms with Crippen molar-refractivity contribution < 1.29 is 14.0 Å². The van der Waals surface area contributed by atoms with Gasteiger partial charge in [-0.1, -0.05) is 12.1 Å². The highest BCUT2D eigenvalue weighted by Gasteiger charge is 2.21. The molecule has 3 aromatic heterocycles. The third-order valence-corrected chi connectivity index (χ3v) is 7.08. The first-order valence-corrected chi connectivity index (χ1v) is 13.7. The maximum absolute atomic E-state index is 14.0. The molecule has 0 aliphatic carbocycles. The zero-order chi connectivity index (χ0) is 31.5. The van der Waals surface area contributed by atoms with Gasteiger partial charge < -0.3 is 15.5 Å². The number of carbonyl (C=O) groups is 2. The van der Waals surface area contributed by atoms with Gasteiger partial charge in [-0.25, -0.2) is 23.7 Å². The molecule has 0 fully saturated rings. The van der Waals surface area contributed by atoms with Gasteiger partial charge in [-0.15, -0.1) is 0 Å². The van der Waals surface area contributed by atoms with Gasteiger partial charge in [-0.2, -0.15) is 0 Å². The fourth-order valence-corrected chi connectivity index (χ4v) is 4.72. The molecule has 0 unspecified atom stereocenters. The monoisotopic (exact) mass is 594 g/mol. The number of aryl methyl sites for hydroxylation is 1. The Bertz CT molecular complexity index is 1960. The van der Waals surface area contributed by atoms with Crippen LogP contribution in [0.25, 0.3) is 22.5 Å². The molecule has 11 nitrogen and oxygen atoms in total. The van der Waals surface area contributed by atoms with Crippen LogP contribution in [0.5, 0.6) is 0 Å². The number of benzene rings is 2. The number of anilines is 2. The Morgan fingerprint density at radius 1 is 0.977 bits per heavy atom. The second-order valence-electron chi connectivity index (χ2n) is 10.5. The largest absolute Gasteiger partial charge is 0.382 e. The van der Waals surface area contributed by atoms with Crippen LogP contribution in [0.4, 0.5) is 15.9 Å². The van der Waals surface area contributed by atoms with Crippen molar-refractivity contribution in [1.29, 1.82) is 0 Å². The summed E-state index contributed by atoms with van der Waals surface area (Å²) in [6.07, 6.45) is 5.66. The highest BCUT2D eigenvalue weighted by Crippen LogP contribution is 2.25. The molecule has 0 saturated heterocycles. The highest BCUT2D eigenvalue weighted by molar-refractivity contribution is 6.01. The zero-order valence-corrected chi connectivity index (χ0v) is 24.7. The molecular weight excluding hydrogens is 563 g/mol. The Hall–Kier alpha value is -5.49. The molecule has 2 aromatic carbocycles. The van der Waals surface area contributed by atoms with E-state index in [9.17, 15) is 18.8 Å². The number of halogens is 1. The van der Waals surface area contributed by atoms with E-state index in [4.69, 9.17) is 5.73 Å². The van der Waals surface area contributed by atoms with Gasteiger partial charge in [-0.05, 0) is 75.1 Å². The third kappa shape index (κ3) is 6.01. The number of hydrogen-bond acceptors (Lipinski definition) is 8. The minimum atomic E-state index is -0.464. The molecule has 12 heteroatoms. The molecule has 0 spiro atoms. The zero-order valence-electron chi connectivity index (χ0n) is 24.7.